The van der Waals surface area contributed by atoms with Crippen LogP contribution in [0.25, 0.3) is 17.5 Å². The highest BCUT2D eigenvalue weighted by Crippen LogP contribution is 2.46. The van der Waals surface area contributed by atoms with Gasteiger partial charge in [-0.25, -0.2) is 4.68 Å². The van der Waals surface area contributed by atoms with Crippen LogP contribution in [0.3, 0.4) is 0 Å². The van der Waals surface area contributed by atoms with Crippen LogP contribution in [0.5, 0.6) is 0 Å². The van der Waals surface area contributed by atoms with Crippen molar-refractivity contribution in [1.29, 1.82) is 0 Å². The quantitative estimate of drug-likeness (QED) is 0.681. The monoisotopic (exact) mass is 362 g/mol. The molecule has 2 aliphatic heterocycles. The van der Waals surface area contributed by atoms with Crippen molar-refractivity contribution in [2.75, 3.05) is 5.01 Å². The van der Waals surface area contributed by atoms with Crippen LogP contribution in [-0.2, 0) is 0 Å². The zero-order chi connectivity index (χ0) is 16.6. The van der Waals surface area contributed by atoms with Crippen molar-refractivity contribution in [2.45, 2.75) is 10.5 Å². The van der Waals surface area contributed by atoms with Crippen molar-refractivity contribution in [1.82, 2.24) is 14.9 Å². The molecule has 0 amide bonds. The van der Waals surface area contributed by atoms with E-state index in [1.165, 1.54) is 10.6 Å². The molecule has 25 heavy (non-hydrogen) atoms. The Bertz CT molecular complexity index is 964. The third-order valence-corrected chi connectivity index (χ3v) is 6.18. The van der Waals surface area contributed by atoms with Crippen molar-refractivity contribution in [3.05, 3.63) is 82.7 Å². The standard InChI is InChI=1S/C19H14N4S2/c1-3-7-14(8-4-1)11-12-16-22-17(13-24-16)25-19-21-20-18(23(19)22)15-9-5-2-6-10-15/h1-13,16H/b12-11+. The smallest absolute Gasteiger partial charge is 0.217 e. The van der Waals surface area contributed by atoms with Crippen molar-refractivity contribution >= 4 is 29.6 Å². The van der Waals surface area contributed by atoms with Gasteiger partial charge in [0.25, 0.3) is 0 Å². The SMILES string of the molecule is C1=C2Sc3nnc(-c4ccccc4)n3N2C(/C=C/c2ccccc2)S1. The number of hydrogen-bond acceptors (Lipinski definition) is 5. The van der Waals surface area contributed by atoms with Gasteiger partial charge in [-0.15, -0.1) is 10.2 Å². The molecule has 0 saturated carbocycles. The number of hydrogen-bond donors (Lipinski definition) is 0. The molecule has 0 N–H and O–H groups in total. The second-order valence-electron chi connectivity index (χ2n) is 5.68. The van der Waals surface area contributed by atoms with Crippen LogP contribution in [0.1, 0.15) is 5.56 Å². The summed E-state index contributed by atoms with van der Waals surface area (Å²) in [6, 6.07) is 20.6. The van der Waals surface area contributed by atoms with Gasteiger partial charge in [-0.05, 0) is 23.4 Å². The lowest BCUT2D eigenvalue weighted by atomic mass is 10.2. The van der Waals surface area contributed by atoms with Crippen molar-refractivity contribution in [2.24, 2.45) is 0 Å². The highest BCUT2D eigenvalue weighted by Gasteiger charge is 2.37. The zero-order valence-corrected chi connectivity index (χ0v) is 14.8. The van der Waals surface area contributed by atoms with E-state index in [-0.39, 0.29) is 5.37 Å². The van der Waals surface area contributed by atoms with Gasteiger partial charge in [0.1, 0.15) is 10.4 Å². The lowest BCUT2D eigenvalue weighted by Crippen LogP contribution is -2.33. The van der Waals surface area contributed by atoms with E-state index in [4.69, 9.17) is 0 Å². The highest BCUT2D eigenvalue weighted by atomic mass is 32.2. The van der Waals surface area contributed by atoms with Gasteiger partial charge in [0.2, 0.25) is 5.16 Å². The van der Waals surface area contributed by atoms with E-state index >= 15 is 0 Å². The van der Waals surface area contributed by atoms with Crippen LogP contribution in [0.15, 0.2) is 82.3 Å². The number of benzene rings is 2. The Hall–Kier alpha value is -2.44. The molecule has 1 atom stereocenters. The minimum atomic E-state index is 0.197. The van der Waals surface area contributed by atoms with Crippen molar-refractivity contribution in [3.63, 3.8) is 0 Å². The molecule has 0 aliphatic carbocycles. The number of fused-ring (bicyclic) bond motifs is 3. The molecule has 2 aromatic carbocycles. The molecule has 1 aromatic heterocycles. The fraction of sp³-hybridized carbons (Fsp3) is 0.0526. The molecule has 0 bridgehead atoms. The van der Waals surface area contributed by atoms with Crippen molar-refractivity contribution < 1.29 is 0 Å². The molecule has 0 saturated heterocycles. The van der Waals surface area contributed by atoms with Crippen LogP contribution in [0.2, 0.25) is 0 Å². The van der Waals surface area contributed by atoms with Crippen LogP contribution < -0.4 is 5.01 Å². The van der Waals surface area contributed by atoms with Crippen LogP contribution in [-0.4, -0.2) is 20.2 Å². The van der Waals surface area contributed by atoms with Crippen LogP contribution in [0, 0.1) is 0 Å². The van der Waals surface area contributed by atoms with Gasteiger partial charge in [-0.1, -0.05) is 78.5 Å². The summed E-state index contributed by atoms with van der Waals surface area (Å²) in [6.45, 7) is 0. The Kier molecular flexibility index (Phi) is 3.64. The molecule has 5 rings (SSSR count). The lowest BCUT2D eigenvalue weighted by Gasteiger charge is -2.23. The molecule has 2 aliphatic rings. The maximum Gasteiger partial charge on any atom is 0.217 e. The summed E-state index contributed by atoms with van der Waals surface area (Å²) >= 11 is 3.47. The predicted molar refractivity (Wildman–Crippen MR) is 104 cm³/mol. The maximum atomic E-state index is 4.41. The summed E-state index contributed by atoms with van der Waals surface area (Å²) in [6.07, 6.45) is 4.40. The van der Waals surface area contributed by atoms with Crippen LogP contribution >= 0.6 is 23.5 Å². The summed E-state index contributed by atoms with van der Waals surface area (Å²) in [5.41, 5.74) is 2.28. The number of aromatic nitrogens is 3. The summed E-state index contributed by atoms with van der Waals surface area (Å²) in [5.74, 6) is 0.882. The molecule has 3 heterocycles. The Morgan fingerprint density at radius 1 is 0.920 bits per heavy atom. The Balaban J connectivity index is 1.50. The van der Waals surface area contributed by atoms with E-state index in [9.17, 15) is 0 Å². The number of thioether (sulfide) groups is 2. The Morgan fingerprint density at radius 2 is 1.68 bits per heavy atom. The number of nitrogens with zero attached hydrogens (tertiary/aromatic N) is 4. The summed E-state index contributed by atoms with van der Waals surface area (Å²) in [7, 11) is 0. The number of rotatable bonds is 3. The fourth-order valence-electron chi connectivity index (χ4n) is 2.92. The van der Waals surface area contributed by atoms with E-state index in [1.54, 1.807) is 23.5 Å². The predicted octanol–water partition coefficient (Wildman–Crippen LogP) is 4.57. The molecule has 1 unspecified atom stereocenters. The third kappa shape index (κ3) is 2.58. The summed E-state index contributed by atoms with van der Waals surface area (Å²) in [5, 5.41) is 15.6. The molecule has 6 heteroatoms. The molecule has 0 fully saturated rings. The Labute approximate surface area is 154 Å². The maximum absolute atomic E-state index is 4.41. The average Bonchev–Trinajstić information content (AvgIpc) is 3.33. The first-order valence-electron chi connectivity index (χ1n) is 7.97. The van der Waals surface area contributed by atoms with Crippen molar-refractivity contribution in [3.8, 4) is 11.4 Å². The molecule has 122 valence electrons. The minimum Gasteiger partial charge on any atom is -0.253 e. The molecular formula is C19H14N4S2. The summed E-state index contributed by atoms with van der Waals surface area (Å²) in [4.78, 5) is 0. The Morgan fingerprint density at radius 3 is 2.48 bits per heavy atom. The lowest BCUT2D eigenvalue weighted by molar-refractivity contribution is 0.667. The first-order valence-corrected chi connectivity index (χ1v) is 9.73. The third-order valence-electron chi connectivity index (χ3n) is 4.08. The van der Waals surface area contributed by atoms with Gasteiger partial charge in [-0.3, -0.25) is 5.01 Å². The fourth-order valence-corrected chi connectivity index (χ4v) is 5.02. The second kappa shape index (κ2) is 6.13. The first-order chi connectivity index (χ1) is 12.4. The summed E-state index contributed by atoms with van der Waals surface area (Å²) < 4.78 is 2.13. The highest BCUT2D eigenvalue weighted by molar-refractivity contribution is 8.07. The molecule has 3 aromatic rings. The van der Waals surface area contributed by atoms with Gasteiger partial charge < -0.3 is 0 Å². The zero-order valence-electron chi connectivity index (χ0n) is 13.2. The van der Waals surface area contributed by atoms with Gasteiger partial charge >= 0.3 is 0 Å². The van der Waals surface area contributed by atoms with Gasteiger partial charge in [-0.2, -0.15) is 0 Å². The average molecular weight is 362 g/mol. The van der Waals surface area contributed by atoms with E-state index in [1.807, 2.05) is 24.3 Å². The van der Waals surface area contributed by atoms with Gasteiger partial charge in [0, 0.05) is 11.0 Å². The molecule has 0 spiro atoms. The van der Waals surface area contributed by atoms with Gasteiger partial charge in [0.05, 0.1) is 0 Å². The molecule has 0 radical (unpaired) electrons. The van der Waals surface area contributed by atoms with E-state index < -0.39 is 0 Å². The van der Waals surface area contributed by atoms with E-state index in [0.717, 1.165) is 16.5 Å². The topological polar surface area (TPSA) is 34.0 Å². The largest absolute Gasteiger partial charge is 0.253 e. The van der Waals surface area contributed by atoms with E-state index in [2.05, 4.69) is 73.8 Å². The second-order valence-corrected chi connectivity index (χ2v) is 7.66. The first kappa shape index (κ1) is 14.9. The minimum absolute atomic E-state index is 0.197. The molecule has 4 nitrogen and oxygen atoms in total. The normalized spacial score (nSPS) is 18.5. The van der Waals surface area contributed by atoms with Gasteiger partial charge in [0.15, 0.2) is 5.82 Å². The van der Waals surface area contributed by atoms with E-state index in [0.29, 0.717) is 0 Å². The van der Waals surface area contributed by atoms with Crippen LogP contribution in [0.4, 0.5) is 0 Å². The molecular weight excluding hydrogens is 348 g/mol.